The largest absolute Gasteiger partial charge is 0.484 e. The third-order valence-corrected chi connectivity index (χ3v) is 5.42. The number of aromatic nitrogens is 1. The van der Waals surface area contributed by atoms with E-state index in [1.54, 1.807) is 0 Å². The van der Waals surface area contributed by atoms with Crippen molar-refractivity contribution in [3.63, 3.8) is 0 Å². The van der Waals surface area contributed by atoms with Crippen LogP contribution < -0.4 is 15.4 Å². The Kier molecular flexibility index (Phi) is 8.01. The molecule has 0 atom stereocenters. The van der Waals surface area contributed by atoms with Crippen LogP contribution >= 0.6 is 11.6 Å². The topological polar surface area (TPSA) is 93.5 Å². The fourth-order valence-corrected chi connectivity index (χ4v) is 3.39. The van der Waals surface area contributed by atoms with Crippen LogP contribution in [0.3, 0.4) is 0 Å². The molecule has 0 bridgehead atoms. The molecule has 1 aromatic heterocycles. The normalized spacial score (nSPS) is 15.6. The van der Waals surface area contributed by atoms with Crippen molar-refractivity contribution in [3.8, 4) is 5.75 Å². The Balaban J connectivity index is 1.36. The zero-order valence-electron chi connectivity index (χ0n) is 17.6. The maximum Gasteiger partial charge on any atom is 0.292 e. The van der Waals surface area contributed by atoms with Crippen LogP contribution in [0.4, 0.5) is 13.2 Å². The van der Waals surface area contributed by atoms with Crippen molar-refractivity contribution < 1.29 is 31.9 Å². The molecule has 1 aliphatic carbocycles. The first-order valence-corrected chi connectivity index (χ1v) is 10.7. The number of amides is 2. The van der Waals surface area contributed by atoms with Crippen molar-refractivity contribution in [3.05, 3.63) is 59.2 Å². The number of ether oxygens (including phenoxy) is 1. The zero-order chi connectivity index (χ0) is 24.0. The molecule has 11 heteroatoms. The minimum absolute atomic E-state index is 0.0453. The summed E-state index contributed by atoms with van der Waals surface area (Å²) in [6, 6.07) is 3.84. The number of hydrogen-bond acceptors (Lipinski definition) is 5. The van der Waals surface area contributed by atoms with Gasteiger partial charge in [-0.2, -0.15) is 0 Å². The van der Waals surface area contributed by atoms with Crippen LogP contribution in [-0.4, -0.2) is 35.9 Å². The highest BCUT2D eigenvalue weighted by Gasteiger charge is 2.37. The van der Waals surface area contributed by atoms with Crippen molar-refractivity contribution in [1.82, 2.24) is 15.6 Å². The second-order valence-electron chi connectivity index (χ2n) is 7.72. The first-order valence-electron chi connectivity index (χ1n) is 10.3. The number of nitrogens with zero attached hydrogens (tertiary/aromatic N) is 1. The Hall–Kier alpha value is -3.01. The van der Waals surface area contributed by atoms with Gasteiger partial charge in [0.2, 0.25) is 11.7 Å². The molecule has 2 N–H and O–H groups in total. The van der Waals surface area contributed by atoms with Gasteiger partial charge in [0.05, 0.1) is 11.2 Å². The Bertz CT molecular complexity index is 1020. The van der Waals surface area contributed by atoms with E-state index < -0.39 is 23.6 Å². The monoisotopic (exact) mass is 485 g/mol. The van der Waals surface area contributed by atoms with E-state index in [1.807, 2.05) is 0 Å². The van der Waals surface area contributed by atoms with E-state index in [4.69, 9.17) is 20.8 Å². The predicted molar refractivity (Wildman–Crippen MR) is 114 cm³/mol. The van der Waals surface area contributed by atoms with Gasteiger partial charge in [0.15, 0.2) is 12.5 Å². The molecule has 0 saturated heterocycles. The van der Waals surface area contributed by atoms with Crippen molar-refractivity contribution in [1.29, 1.82) is 0 Å². The van der Waals surface area contributed by atoms with Gasteiger partial charge in [-0.15, -0.1) is 0 Å². The summed E-state index contributed by atoms with van der Waals surface area (Å²) in [5.41, 5.74) is 0.330. The number of carbonyl (C=O) groups is 2. The predicted octanol–water partition coefficient (Wildman–Crippen LogP) is 4.59. The van der Waals surface area contributed by atoms with Crippen LogP contribution in [0.25, 0.3) is 0 Å². The lowest BCUT2D eigenvalue weighted by molar-refractivity contribution is -0.123. The average Bonchev–Trinajstić information content (AvgIpc) is 3.25. The fraction of sp³-hybridized carbons (Fsp3) is 0.409. The van der Waals surface area contributed by atoms with Crippen LogP contribution in [0.5, 0.6) is 5.75 Å². The molecule has 178 valence electrons. The summed E-state index contributed by atoms with van der Waals surface area (Å²) in [4.78, 5) is 28.2. The molecule has 1 saturated carbocycles. The van der Waals surface area contributed by atoms with E-state index in [0.29, 0.717) is 5.70 Å². The number of nitrogens with one attached hydrogen (secondary N) is 2. The number of halogens is 4. The summed E-state index contributed by atoms with van der Waals surface area (Å²) in [6.45, 7) is 3.58. The third kappa shape index (κ3) is 7.24. The highest BCUT2D eigenvalue weighted by atomic mass is 35.5. The standard InChI is InChI=1S/C22H23ClF3N3O4/c1-13(6-9-27-19(30)12-32-15-2-3-16(23)17(24)10-15)29-20(31)18-11-28-21(33-18)14-4-7-22(25,26)8-5-14/h2-3,10-11,14H,1,4-9,12H2,(H,27,30)(H,29,31). The van der Waals surface area contributed by atoms with Gasteiger partial charge in [0.1, 0.15) is 11.6 Å². The van der Waals surface area contributed by atoms with E-state index >= 15 is 0 Å². The maximum absolute atomic E-state index is 13.4. The second-order valence-corrected chi connectivity index (χ2v) is 8.12. The van der Waals surface area contributed by atoms with E-state index in [2.05, 4.69) is 22.2 Å². The van der Waals surface area contributed by atoms with Gasteiger partial charge in [-0.25, -0.2) is 18.2 Å². The van der Waals surface area contributed by atoms with E-state index in [9.17, 15) is 22.8 Å². The lowest BCUT2D eigenvalue weighted by Crippen LogP contribution is -2.31. The number of hydrogen-bond donors (Lipinski definition) is 2. The number of rotatable bonds is 9. The molecule has 1 fully saturated rings. The van der Waals surface area contributed by atoms with Crippen molar-refractivity contribution >= 4 is 23.4 Å². The van der Waals surface area contributed by atoms with Crippen molar-refractivity contribution in [2.24, 2.45) is 0 Å². The number of carbonyl (C=O) groups excluding carboxylic acids is 2. The van der Waals surface area contributed by atoms with E-state index in [1.165, 1.54) is 18.3 Å². The second kappa shape index (κ2) is 10.7. The zero-order valence-corrected chi connectivity index (χ0v) is 18.4. The summed E-state index contributed by atoms with van der Waals surface area (Å²) in [5.74, 6) is -4.17. The summed E-state index contributed by atoms with van der Waals surface area (Å²) < 4.78 is 50.6. The maximum atomic E-state index is 13.4. The molecule has 3 rings (SSSR count). The Morgan fingerprint density at radius 3 is 2.73 bits per heavy atom. The number of oxazole rings is 1. The molecule has 1 aromatic carbocycles. The van der Waals surface area contributed by atoms with Crippen LogP contribution in [0.1, 0.15) is 54.5 Å². The van der Waals surface area contributed by atoms with Gasteiger partial charge in [-0.1, -0.05) is 18.2 Å². The molecule has 0 aliphatic heterocycles. The number of benzene rings is 1. The van der Waals surface area contributed by atoms with Crippen LogP contribution in [0.2, 0.25) is 5.02 Å². The number of alkyl halides is 2. The highest BCUT2D eigenvalue weighted by molar-refractivity contribution is 6.30. The van der Waals surface area contributed by atoms with E-state index in [-0.39, 0.29) is 73.6 Å². The van der Waals surface area contributed by atoms with Gasteiger partial charge in [0, 0.05) is 43.5 Å². The quantitative estimate of drug-likeness (QED) is 0.542. The van der Waals surface area contributed by atoms with Crippen molar-refractivity contribution in [2.45, 2.75) is 43.9 Å². The van der Waals surface area contributed by atoms with Gasteiger partial charge in [0.25, 0.3) is 11.8 Å². The Morgan fingerprint density at radius 1 is 1.30 bits per heavy atom. The lowest BCUT2D eigenvalue weighted by Gasteiger charge is -2.26. The van der Waals surface area contributed by atoms with Crippen molar-refractivity contribution in [2.75, 3.05) is 13.2 Å². The third-order valence-electron chi connectivity index (χ3n) is 5.11. The van der Waals surface area contributed by atoms with Crippen LogP contribution in [0, 0.1) is 5.82 Å². The fourth-order valence-electron chi connectivity index (χ4n) is 3.27. The summed E-state index contributed by atoms with van der Waals surface area (Å²) >= 11 is 5.58. The molecule has 1 aliphatic rings. The van der Waals surface area contributed by atoms with Gasteiger partial charge >= 0.3 is 0 Å². The Morgan fingerprint density at radius 2 is 2.03 bits per heavy atom. The van der Waals surface area contributed by atoms with Crippen LogP contribution in [-0.2, 0) is 4.79 Å². The smallest absolute Gasteiger partial charge is 0.292 e. The van der Waals surface area contributed by atoms with Gasteiger partial charge < -0.3 is 19.8 Å². The van der Waals surface area contributed by atoms with Gasteiger partial charge in [-0.3, -0.25) is 9.59 Å². The summed E-state index contributed by atoms with van der Waals surface area (Å²) in [7, 11) is 0. The molecular formula is C22H23ClF3N3O4. The molecule has 1 heterocycles. The van der Waals surface area contributed by atoms with Gasteiger partial charge in [-0.05, 0) is 25.0 Å². The molecule has 0 unspecified atom stereocenters. The van der Waals surface area contributed by atoms with Crippen LogP contribution in [0.15, 0.2) is 41.1 Å². The molecule has 2 aromatic rings. The molecule has 0 radical (unpaired) electrons. The Labute approximate surface area is 193 Å². The minimum atomic E-state index is -2.66. The summed E-state index contributed by atoms with van der Waals surface area (Å²) in [6.07, 6.45) is 1.53. The minimum Gasteiger partial charge on any atom is -0.484 e. The SMILES string of the molecule is C=C(CCNC(=O)COc1ccc(Cl)c(F)c1)NC(=O)c1cnc(C2CCC(F)(F)CC2)o1. The van der Waals surface area contributed by atoms with E-state index in [0.717, 1.165) is 6.07 Å². The first kappa shape index (κ1) is 24.6. The highest BCUT2D eigenvalue weighted by Crippen LogP contribution is 2.40. The molecule has 2 amide bonds. The summed E-state index contributed by atoms with van der Waals surface area (Å²) in [5, 5.41) is 5.08. The average molecular weight is 486 g/mol. The molecule has 0 spiro atoms. The molecule has 7 nitrogen and oxygen atoms in total. The first-order chi connectivity index (χ1) is 15.6. The molecule has 33 heavy (non-hydrogen) atoms. The molecular weight excluding hydrogens is 463 g/mol. The lowest BCUT2D eigenvalue weighted by atomic mass is 9.87.